The average molecular weight is 306 g/mol. The minimum Gasteiger partial charge on any atom is -0.399 e. The predicted molar refractivity (Wildman–Crippen MR) is 90.5 cm³/mol. The van der Waals surface area contributed by atoms with Gasteiger partial charge in [-0.2, -0.15) is 0 Å². The number of carbonyl (C=O) groups is 1. The number of anilines is 1. The molecule has 0 spiro atoms. The maximum atomic E-state index is 12.4. The van der Waals surface area contributed by atoms with Gasteiger partial charge in [0.25, 0.3) is 0 Å². The Labute approximate surface area is 132 Å². The molecule has 0 atom stereocenters. The van der Waals surface area contributed by atoms with Crippen LogP contribution in [0.25, 0.3) is 0 Å². The fourth-order valence-corrected chi connectivity index (χ4v) is 3.84. The zero-order valence-electron chi connectivity index (χ0n) is 13.3. The fourth-order valence-electron chi connectivity index (χ4n) is 2.85. The van der Waals surface area contributed by atoms with E-state index < -0.39 is 0 Å². The van der Waals surface area contributed by atoms with Crippen molar-refractivity contribution in [1.29, 1.82) is 0 Å². The second-order valence-corrected chi connectivity index (χ2v) is 7.25. The monoisotopic (exact) mass is 306 g/mol. The smallest absolute Gasteiger partial charge is 0.232 e. The molecular formula is C17H26N2OS. The van der Waals surface area contributed by atoms with E-state index in [0.717, 1.165) is 29.3 Å². The van der Waals surface area contributed by atoms with E-state index in [2.05, 4.69) is 13.8 Å². The van der Waals surface area contributed by atoms with Gasteiger partial charge in [0.05, 0.1) is 5.75 Å². The largest absolute Gasteiger partial charge is 0.399 e. The molecule has 0 saturated heterocycles. The maximum absolute atomic E-state index is 12.4. The van der Waals surface area contributed by atoms with Gasteiger partial charge in [0.1, 0.15) is 0 Å². The van der Waals surface area contributed by atoms with Gasteiger partial charge in [-0.15, -0.1) is 11.8 Å². The molecule has 1 fully saturated rings. The summed E-state index contributed by atoms with van der Waals surface area (Å²) in [5.41, 5.74) is 7.75. The molecule has 4 heteroatoms. The molecule has 2 N–H and O–H groups in total. The Bertz CT molecular complexity index is 496. The van der Waals surface area contributed by atoms with E-state index in [0.29, 0.717) is 11.8 Å². The molecule has 1 aromatic carbocycles. The summed E-state index contributed by atoms with van der Waals surface area (Å²) >= 11 is 1.59. The molecule has 1 amide bonds. The van der Waals surface area contributed by atoms with Crippen molar-refractivity contribution in [3.63, 3.8) is 0 Å². The van der Waals surface area contributed by atoms with Crippen LogP contribution in [-0.2, 0) is 4.79 Å². The number of nitrogens with zero attached hydrogens (tertiary/aromatic N) is 1. The quantitative estimate of drug-likeness (QED) is 0.681. The minimum atomic E-state index is 0.223. The van der Waals surface area contributed by atoms with Crippen molar-refractivity contribution >= 4 is 23.4 Å². The van der Waals surface area contributed by atoms with Crippen LogP contribution in [0.5, 0.6) is 0 Å². The van der Waals surface area contributed by atoms with Crippen LogP contribution >= 0.6 is 11.8 Å². The molecule has 1 aliphatic carbocycles. The molecule has 3 nitrogen and oxygen atoms in total. The van der Waals surface area contributed by atoms with Crippen molar-refractivity contribution in [2.24, 2.45) is 5.92 Å². The molecule has 0 aliphatic heterocycles. The lowest BCUT2D eigenvalue weighted by atomic mass is 9.87. The Kier molecular flexibility index (Phi) is 5.57. The van der Waals surface area contributed by atoms with Crippen molar-refractivity contribution < 1.29 is 4.79 Å². The third kappa shape index (κ3) is 4.40. The summed E-state index contributed by atoms with van der Waals surface area (Å²) in [6.07, 6.45) is 4.77. The highest BCUT2D eigenvalue weighted by molar-refractivity contribution is 8.00. The van der Waals surface area contributed by atoms with Gasteiger partial charge < -0.3 is 10.6 Å². The van der Waals surface area contributed by atoms with Gasteiger partial charge in [-0.25, -0.2) is 0 Å². The average Bonchev–Trinajstić information content (AvgIpc) is 2.48. The molecule has 0 radical (unpaired) electrons. The van der Waals surface area contributed by atoms with Gasteiger partial charge in [-0.3, -0.25) is 4.79 Å². The first-order valence-electron chi connectivity index (χ1n) is 7.72. The topological polar surface area (TPSA) is 46.3 Å². The van der Waals surface area contributed by atoms with Gasteiger partial charge in [0.15, 0.2) is 0 Å². The number of carbonyl (C=O) groups excluding carboxylic acids is 1. The van der Waals surface area contributed by atoms with E-state index in [1.165, 1.54) is 18.4 Å². The van der Waals surface area contributed by atoms with Crippen LogP contribution in [0.1, 0.15) is 38.2 Å². The van der Waals surface area contributed by atoms with E-state index >= 15 is 0 Å². The highest BCUT2D eigenvalue weighted by Gasteiger charge is 2.24. The standard InChI is InChI=1S/C17H26N2OS/c1-12-4-8-15(9-5-12)19(3)17(20)11-21-16-10-14(18)7-6-13(16)2/h6-7,10,12,15H,4-5,8-9,11,18H2,1-3H3. The first-order chi connectivity index (χ1) is 9.97. The number of rotatable bonds is 4. The fraction of sp³-hybridized carbons (Fsp3) is 0.588. The summed E-state index contributed by atoms with van der Waals surface area (Å²) < 4.78 is 0. The number of hydrogen-bond donors (Lipinski definition) is 1. The van der Waals surface area contributed by atoms with E-state index in [4.69, 9.17) is 5.73 Å². The number of nitrogen functional groups attached to an aromatic ring is 1. The summed E-state index contributed by atoms with van der Waals surface area (Å²) in [7, 11) is 1.95. The summed E-state index contributed by atoms with van der Waals surface area (Å²) in [4.78, 5) is 15.4. The first kappa shape index (κ1) is 16.2. The number of thioether (sulfide) groups is 1. The van der Waals surface area contributed by atoms with Crippen molar-refractivity contribution in [1.82, 2.24) is 4.90 Å². The summed E-state index contributed by atoms with van der Waals surface area (Å²) in [6.45, 7) is 4.36. The van der Waals surface area contributed by atoms with Crippen molar-refractivity contribution in [3.05, 3.63) is 23.8 Å². The first-order valence-corrected chi connectivity index (χ1v) is 8.70. The zero-order valence-corrected chi connectivity index (χ0v) is 14.1. The zero-order chi connectivity index (χ0) is 15.4. The molecule has 1 aliphatic rings. The maximum Gasteiger partial charge on any atom is 0.232 e. The molecule has 0 aromatic heterocycles. The summed E-state index contributed by atoms with van der Waals surface area (Å²) in [5, 5.41) is 0. The lowest BCUT2D eigenvalue weighted by Crippen LogP contribution is -2.40. The SMILES string of the molecule is Cc1ccc(N)cc1SCC(=O)N(C)C1CCC(C)CC1. The van der Waals surface area contributed by atoms with E-state index in [1.807, 2.05) is 30.1 Å². The van der Waals surface area contributed by atoms with Gasteiger partial charge in [0.2, 0.25) is 5.91 Å². The third-order valence-electron chi connectivity index (χ3n) is 4.49. The highest BCUT2D eigenvalue weighted by Crippen LogP contribution is 2.28. The second-order valence-electron chi connectivity index (χ2n) is 6.23. The van der Waals surface area contributed by atoms with Crippen LogP contribution in [0, 0.1) is 12.8 Å². The highest BCUT2D eigenvalue weighted by atomic mass is 32.2. The van der Waals surface area contributed by atoms with Crippen molar-refractivity contribution in [2.45, 2.75) is 50.5 Å². The molecule has 0 bridgehead atoms. The normalized spacial score (nSPS) is 22.0. The predicted octanol–water partition coefficient (Wildman–Crippen LogP) is 3.71. The van der Waals surface area contributed by atoms with Crippen molar-refractivity contribution in [2.75, 3.05) is 18.5 Å². The number of nitrogens with two attached hydrogens (primary N) is 1. The van der Waals surface area contributed by atoms with Crippen LogP contribution in [-0.4, -0.2) is 29.6 Å². The number of amides is 1. The van der Waals surface area contributed by atoms with Crippen LogP contribution in [0.3, 0.4) is 0 Å². The van der Waals surface area contributed by atoms with Crippen LogP contribution < -0.4 is 5.73 Å². The second kappa shape index (κ2) is 7.21. The van der Waals surface area contributed by atoms with E-state index in [-0.39, 0.29) is 5.91 Å². The summed E-state index contributed by atoms with van der Waals surface area (Å²) in [5.74, 6) is 1.53. The van der Waals surface area contributed by atoms with Gasteiger partial charge in [0, 0.05) is 23.7 Å². The van der Waals surface area contributed by atoms with Gasteiger partial charge >= 0.3 is 0 Å². The van der Waals surface area contributed by atoms with Gasteiger partial charge in [-0.05, 0) is 56.2 Å². The molecule has 116 valence electrons. The lowest BCUT2D eigenvalue weighted by Gasteiger charge is -2.33. The number of hydrogen-bond acceptors (Lipinski definition) is 3. The number of benzene rings is 1. The molecule has 0 unspecified atom stereocenters. The molecule has 0 heterocycles. The molecule has 21 heavy (non-hydrogen) atoms. The Balaban J connectivity index is 1.87. The number of aryl methyl sites for hydroxylation is 1. The van der Waals surface area contributed by atoms with Crippen LogP contribution in [0.15, 0.2) is 23.1 Å². The minimum absolute atomic E-state index is 0.223. The third-order valence-corrected chi connectivity index (χ3v) is 5.63. The Hall–Kier alpha value is -1.16. The van der Waals surface area contributed by atoms with Crippen LogP contribution in [0.4, 0.5) is 5.69 Å². The van der Waals surface area contributed by atoms with Crippen LogP contribution in [0.2, 0.25) is 0 Å². The lowest BCUT2D eigenvalue weighted by molar-refractivity contribution is -0.129. The Morgan fingerprint density at radius 2 is 2.00 bits per heavy atom. The molecule has 2 rings (SSSR count). The Morgan fingerprint density at radius 3 is 2.67 bits per heavy atom. The van der Waals surface area contributed by atoms with E-state index in [1.54, 1.807) is 11.8 Å². The molecule has 1 aromatic rings. The van der Waals surface area contributed by atoms with Gasteiger partial charge in [-0.1, -0.05) is 13.0 Å². The molecule has 1 saturated carbocycles. The summed E-state index contributed by atoms with van der Waals surface area (Å²) in [6, 6.07) is 6.29. The van der Waals surface area contributed by atoms with Crippen molar-refractivity contribution in [3.8, 4) is 0 Å². The van der Waals surface area contributed by atoms with E-state index in [9.17, 15) is 4.79 Å². The molecular weight excluding hydrogens is 280 g/mol. The Morgan fingerprint density at radius 1 is 1.33 bits per heavy atom.